The first-order valence-corrected chi connectivity index (χ1v) is 10.8. The van der Waals surface area contributed by atoms with Crippen LogP contribution in [0, 0.1) is 13.8 Å². The van der Waals surface area contributed by atoms with E-state index in [1.165, 1.54) is 0 Å². The van der Waals surface area contributed by atoms with Crippen LogP contribution in [0.1, 0.15) is 48.5 Å². The number of rotatable bonds is 6. The molecule has 0 radical (unpaired) electrons. The van der Waals surface area contributed by atoms with Gasteiger partial charge in [-0.2, -0.15) is 0 Å². The van der Waals surface area contributed by atoms with Crippen molar-refractivity contribution in [3.8, 4) is 16.9 Å². The summed E-state index contributed by atoms with van der Waals surface area (Å²) in [5.74, 6) is 1.67. The Morgan fingerprint density at radius 3 is 2.68 bits per heavy atom. The Hall–Kier alpha value is -3.28. The SMILES string of the molecule is CCOc1ccc(CC(=O)N2CCCC2c2nc(C)ncc2-c2ccncc2C)cc1. The molecule has 3 aromatic rings. The monoisotopic (exact) mass is 416 g/mol. The predicted molar refractivity (Wildman–Crippen MR) is 120 cm³/mol. The lowest BCUT2D eigenvalue weighted by atomic mass is 9.97. The molecule has 1 amide bonds. The molecule has 0 bridgehead atoms. The molecule has 0 aliphatic carbocycles. The standard InChI is InChI=1S/C25H28N4O2/c1-4-31-20-9-7-19(8-10-20)14-24(30)29-13-5-6-23(29)25-22(16-27-18(3)28-25)21-11-12-26-15-17(21)2/h7-12,15-16,23H,4-6,13-14H2,1-3H3. The van der Waals surface area contributed by atoms with Crippen molar-refractivity contribution < 1.29 is 9.53 Å². The average molecular weight is 417 g/mol. The fourth-order valence-corrected chi connectivity index (χ4v) is 4.22. The van der Waals surface area contributed by atoms with E-state index in [1.807, 2.05) is 68.4 Å². The summed E-state index contributed by atoms with van der Waals surface area (Å²) < 4.78 is 5.50. The molecule has 160 valence electrons. The van der Waals surface area contributed by atoms with Crippen molar-refractivity contribution in [2.75, 3.05) is 13.2 Å². The van der Waals surface area contributed by atoms with Crippen LogP contribution in [0.2, 0.25) is 0 Å². The second kappa shape index (κ2) is 9.25. The molecule has 4 rings (SSSR count). The molecule has 1 aliphatic heterocycles. The summed E-state index contributed by atoms with van der Waals surface area (Å²) in [4.78, 5) is 28.7. The highest BCUT2D eigenvalue weighted by atomic mass is 16.5. The van der Waals surface area contributed by atoms with Crippen molar-refractivity contribution in [1.29, 1.82) is 0 Å². The molecule has 6 heteroatoms. The van der Waals surface area contributed by atoms with Crippen molar-refractivity contribution in [3.05, 3.63) is 71.6 Å². The van der Waals surface area contributed by atoms with Crippen LogP contribution in [0.4, 0.5) is 0 Å². The Balaban J connectivity index is 1.60. The van der Waals surface area contributed by atoms with E-state index in [0.29, 0.717) is 13.0 Å². The third-order valence-electron chi connectivity index (χ3n) is 5.73. The van der Waals surface area contributed by atoms with Crippen LogP contribution in [0.3, 0.4) is 0 Å². The van der Waals surface area contributed by atoms with Gasteiger partial charge in [0, 0.05) is 30.7 Å². The van der Waals surface area contributed by atoms with Gasteiger partial charge < -0.3 is 9.64 Å². The first kappa shape index (κ1) is 21.0. The molecule has 0 N–H and O–H groups in total. The maximum atomic E-state index is 13.3. The van der Waals surface area contributed by atoms with Gasteiger partial charge in [0.15, 0.2) is 0 Å². The Morgan fingerprint density at radius 1 is 1.13 bits per heavy atom. The molecule has 1 atom stereocenters. The van der Waals surface area contributed by atoms with Gasteiger partial charge >= 0.3 is 0 Å². The van der Waals surface area contributed by atoms with E-state index in [9.17, 15) is 4.79 Å². The number of ether oxygens (including phenoxy) is 1. The maximum absolute atomic E-state index is 13.3. The third kappa shape index (κ3) is 4.58. The summed E-state index contributed by atoms with van der Waals surface area (Å²) in [6.07, 6.45) is 7.77. The molecule has 1 saturated heterocycles. The number of aryl methyl sites for hydroxylation is 2. The van der Waals surface area contributed by atoms with Crippen LogP contribution < -0.4 is 4.74 Å². The molecule has 2 aromatic heterocycles. The lowest BCUT2D eigenvalue weighted by molar-refractivity contribution is -0.131. The summed E-state index contributed by atoms with van der Waals surface area (Å²) in [7, 11) is 0. The number of pyridine rings is 1. The van der Waals surface area contributed by atoms with E-state index in [4.69, 9.17) is 9.72 Å². The molecule has 0 spiro atoms. The molecule has 6 nitrogen and oxygen atoms in total. The summed E-state index contributed by atoms with van der Waals surface area (Å²) in [6, 6.07) is 9.73. The van der Waals surface area contributed by atoms with Crippen molar-refractivity contribution in [2.45, 2.75) is 46.1 Å². The normalized spacial score (nSPS) is 15.8. The zero-order valence-corrected chi connectivity index (χ0v) is 18.3. The van der Waals surface area contributed by atoms with E-state index >= 15 is 0 Å². The highest BCUT2D eigenvalue weighted by molar-refractivity contribution is 5.80. The second-order valence-corrected chi connectivity index (χ2v) is 7.91. The van der Waals surface area contributed by atoms with Gasteiger partial charge in [-0.05, 0) is 68.5 Å². The summed E-state index contributed by atoms with van der Waals surface area (Å²) in [6.45, 7) is 7.27. The van der Waals surface area contributed by atoms with E-state index < -0.39 is 0 Å². The maximum Gasteiger partial charge on any atom is 0.227 e. The van der Waals surface area contributed by atoms with Gasteiger partial charge in [0.1, 0.15) is 11.6 Å². The van der Waals surface area contributed by atoms with Crippen LogP contribution in [0.25, 0.3) is 11.1 Å². The number of amides is 1. The number of likely N-dealkylation sites (tertiary alicyclic amines) is 1. The molecule has 3 heterocycles. The summed E-state index contributed by atoms with van der Waals surface area (Å²) in [5.41, 5.74) is 5.04. The predicted octanol–water partition coefficient (Wildman–Crippen LogP) is 4.46. The molecule has 1 unspecified atom stereocenters. The van der Waals surface area contributed by atoms with Crippen molar-refractivity contribution in [1.82, 2.24) is 19.9 Å². The number of carbonyl (C=O) groups excluding carboxylic acids is 1. The zero-order chi connectivity index (χ0) is 21.8. The van der Waals surface area contributed by atoms with Gasteiger partial charge in [0.2, 0.25) is 5.91 Å². The van der Waals surface area contributed by atoms with Gasteiger partial charge in [-0.1, -0.05) is 12.1 Å². The highest BCUT2D eigenvalue weighted by Gasteiger charge is 2.33. The van der Waals surface area contributed by atoms with Crippen molar-refractivity contribution in [2.24, 2.45) is 0 Å². The Bertz CT molecular complexity index is 1070. The average Bonchev–Trinajstić information content (AvgIpc) is 3.26. The van der Waals surface area contributed by atoms with Crippen molar-refractivity contribution >= 4 is 5.91 Å². The van der Waals surface area contributed by atoms with Gasteiger partial charge in [0.25, 0.3) is 0 Å². The number of hydrogen-bond acceptors (Lipinski definition) is 5. The minimum atomic E-state index is -0.0422. The number of nitrogens with zero attached hydrogens (tertiary/aromatic N) is 4. The van der Waals surface area contributed by atoms with Crippen LogP contribution >= 0.6 is 0 Å². The Labute approximate surface area is 183 Å². The van der Waals surface area contributed by atoms with Crippen LogP contribution in [0.15, 0.2) is 48.9 Å². The molecule has 0 saturated carbocycles. The molecule has 1 fully saturated rings. The molecular formula is C25H28N4O2. The highest BCUT2D eigenvalue weighted by Crippen LogP contribution is 2.37. The van der Waals surface area contributed by atoms with Gasteiger partial charge in [-0.15, -0.1) is 0 Å². The number of hydrogen-bond donors (Lipinski definition) is 0. The third-order valence-corrected chi connectivity index (χ3v) is 5.73. The number of carbonyl (C=O) groups is 1. The molecule has 31 heavy (non-hydrogen) atoms. The van der Waals surface area contributed by atoms with Crippen LogP contribution in [-0.4, -0.2) is 38.9 Å². The minimum absolute atomic E-state index is 0.0422. The molecular weight excluding hydrogens is 388 g/mol. The van der Waals surface area contributed by atoms with Crippen molar-refractivity contribution in [3.63, 3.8) is 0 Å². The fraction of sp³-hybridized carbons (Fsp3) is 0.360. The van der Waals surface area contributed by atoms with E-state index in [2.05, 4.69) is 9.97 Å². The zero-order valence-electron chi connectivity index (χ0n) is 18.3. The number of aromatic nitrogens is 3. The topological polar surface area (TPSA) is 68.2 Å². The lowest BCUT2D eigenvalue weighted by Crippen LogP contribution is -2.32. The summed E-state index contributed by atoms with van der Waals surface area (Å²) in [5, 5.41) is 0. The van der Waals surface area contributed by atoms with Crippen LogP contribution in [-0.2, 0) is 11.2 Å². The van der Waals surface area contributed by atoms with Gasteiger partial charge in [0.05, 0.1) is 24.8 Å². The lowest BCUT2D eigenvalue weighted by Gasteiger charge is -2.26. The van der Waals surface area contributed by atoms with Crippen LogP contribution in [0.5, 0.6) is 5.75 Å². The smallest absolute Gasteiger partial charge is 0.227 e. The Morgan fingerprint density at radius 2 is 1.94 bits per heavy atom. The Kier molecular flexibility index (Phi) is 6.26. The number of benzene rings is 1. The van der Waals surface area contributed by atoms with Gasteiger partial charge in [-0.25, -0.2) is 9.97 Å². The van der Waals surface area contributed by atoms with E-state index in [1.54, 1.807) is 6.20 Å². The first-order chi connectivity index (χ1) is 15.1. The van der Waals surface area contributed by atoms with E-state index in [0.717, 1.165) is 58.9 Å². The fourth-order valence-electron chi connectivity index (χ4n) is 4.22. The van der Waals surface area contributed by atoms with E-state index in [-0.39, 0.29) is 11.9 Å². The second-order valence-electron chi connectivity index (χ2n) is 7.91. The summed E-state index contributed by atoms with van der Waals surface area (Å²) >= 11 is 0. The largest absolute Gasteiger partial charge is 0.494 e. The van der Waals surface area contributed by atoms with Gasteiger partial charge in [-0.3, -0.25) is 9.78 Å². The first-order valence-electron chi connectivity index (χ1n) is 10.8. The molecule has 1 aromatic carbocycles. The quantitative estimate of drug-likeness (QED) is 0.593. The molecule has 1 aliphatic rings. The minimum Gasteiger partial charge on any atom is -0.494 e.